The van der Waals surface area contributed by atoms with Crippen LogP contribution in [-0.2, 0) is 4.74 Å². The highest BCUT2D eigenvalue weighted by Gasteiger charge is 2.18. The molecule has 5 nitrogen and oxygen atoms in total. The highest BCUT2D eigenvalue weighted by molar-refractivity contribution is 5.73. The van der Waals surface area contributed by atoms with E-state index in [1.54, 1.807) is 0 Å². The smallest absolute Gasteiger partial charge is 0.314 e. The highest BCUT2D eigenvalue weighted by Crippen LogP contribution is 2.19. The van der Waals surface area contributed by atoms with Crippen LogP contribution in [0.2, 0.25) is 0 Å². The van der Waals surface area contributed by atoms with Gasteiger partial charge in [-0.15, -0.1) is 0 Å². The first kappa shape index (κ1) is 18.3. The molecule has 124 valence electrons. The molecule has 0 aliphatic heterocycles. The summed E-state index contributed by atoms with van der Waals surface area (Å²) in [6.07, 6.45) is -0.660. The van der Waals surface area contributed by atoms with Crippen molar-refractivity contribution in [3.63, 3.8) is 0 Å². The van der Waals surface area contributed by atoms with E-state index < -0.39 is 29.3 Å². The zero-order chi connectivity index (χ0) is 16.5. The normalized spacial score (nSPS) is 12.3. The molecule has 7 heteroatoms. The topological polar surface area (TPSA) is 70.6 Å². The Morgan fingerprint density at radius 3 is 2.50 bits per heavy atom. The Hall–Kier alpha value is -1.73. The van der Waals surface area contributed by atoms with Gasteiger partial charge in [-0.1, -0.05) is 6.07 Å². The van der Waals surface area contributed by atoms with Crippen molar-refractivity contribution in [2.45, 2.75) is 32.5 Å². The van der Waals surface area contributed by atoms with Crippen LogP contribution >= 0.6 is 0 Å². The summed E-state index contributed by atoms with van der Waals surface area (Å²) in [4.78, 5) is 11.5. The minimum Gasteiger partial charge on any atom is -0.386 e. The van der Waals surface area contributed by atoms with Crippen molar-refractivity contribution in [1.29, 1.82) is 0 Å². The van der Waals surface area contributed by atoms with Crippen LogP contribution in [0.4, 0.5) is 13.6 Å². The number of ether oxygens (including phenoxy) is 1. The molecule has 1 aromatic rings. The Morgan fingerprint density at radius 2 is 1.91 bits per heavy atom. The fraction of sp³-hybridized carbons (Fsp3) is 0.533. The molecule has 3 N–H and O–H groups in total. The molecule has 0 saturated heterocycles. The van der Waals surface area contributed by atoms with Crippen molar-refractivity contribution in [3.8, 4) is 0 Å². The van der Waals surface area contributed by atoms with Crippen LogP contribution in [0, 0.1) is 11.6 Å². The summed E-state index contributed by atoms with van der Waals surface area (Å²) in [6, 6.07) is 2.80. The number of aliphatic hydroxyl groups is 1. The Kier molecular flexibility index (Phi) is 7.76. The molecule has 0 saturated carbocycles. The summed E-state index contributed by atoms with van der Waals surface area (Å²) < 4.78 is 32.2. The van der Waals surface area contributed by atoms with Crippen LogP contribution in [-0.4, -0.2) is 36.9 Å². The molecule has 0 radical (unpaired) electrons. The number of rotatable bonds is 8. The number of halogens is 2. The Labute approximate surface area is 128 Å². The van der Waals surface area contributed by atoms with Gasteiger partial charge in [0.2, 0.25) is 0 Å². The van der Waals surface area contributed by atoms with E-state index in [-0.39, 0.29) is 12.6 Å². The average molecular weight is 316 g/mol. The van der Waals surface area contributed by atoms with Gasteiger partial charge < -0.3 is 20.5 Å². The second-order valence-corrected chi connectivity index (χ2v) is 5.06. The Morgan fingerprint density at radius 1 is 1.27 bits per heavy atom. The fourth-order valence-electron chi connectivity index (χ4n) is 1.78. The van der Waals surface area contributed by atoms with Gasteiger partial charge in [0.25, 0.3) is 0 Å². The Bertz CT molecular complexity index is 464. The van der Waals surface area contributed by atoms with Crippen LogP contribution < -0.4 is 10.6 Å². The third kappa shape index (κ3) is 6.36. The lowest BCUT2D eigenvalue weighted by atomic mass is 10.1. The van der Waals surface area contributed by atoms with Crippen molar-refractivity contribution < 1.29 is 23.4 Å². The molecule has 0 heterocycles. The van der Waals surface area contributed by atoms with Gasteiger partial charge in [-0.2, -0.15) is 0 Å². The quantitative estimate of drug-likeness (QED) is 0.643. The van der Waals surface area contributed by atoms with E-state index in [9.17, 15) is 18.7 Å². The zero-order valence-electron chi connectivity index (χ0n) is 12.7. The molecule has 0 aliphatic carbocycles. The Balaban J connectivity index is 2.29. The molecular weight excluding hydrogens is 294 g/mol. The van der Waals surface area contributed by atoms with Gasteiger partial charge in [-0.3, -0.25) is 0 Å². The van der Waals surface area contributed by atoms with Gasteiger partial charge in [0.1, 0.15) is 17.7 Å². The van der Waals surface area contributed by atoms with Gasteiger partial charge in [-0.05, 0) is 32.4 Å². The van der Waals surface area contributed by atoms with Crippen LogP contribution in [0.25, 0.3) is 0 Å². The van der Waals surface area contributed by atoms with Gasteiger partial charge in [0.05, 0.1) is 11.7 Å². The lowest BCUT2D eigenvalue weighted by Crippen LogP contribution is -2.38. The molecule has 0 aromatic heterocycles. The van der Waals surface area contributed by atoms with Gasteiger partial charge in [-0.25, -0.2) is 13.6 Å². The first-order chi connectivity index (χ1) is 10.4. The van der Waals surface area contributed by atoms with E-state index in [4.69, 9.17) is 4.74 Å². The minimum absolute atomic E-state index is 0.139. The summed E-state index contributed by atoms with van der Waals surface area (Å²) in [5.41, 5.74) is -0.451. The van der Waals surface area contributed by atoms with E-state index in [0.717, 1.165) is 12.1 Å². The maximum absolute atomic E-state index is 13.4. The number of nitrogens with one attached hydrogen (secondary N) is 2. The summed E-state index contributed by atoms with van der Waals surface area (Å²) in [6.45, 7) is 4.49. The number of carbonyl (C=O) groups excluding carboxylic acids is 1. The van der Waals surface area contributed by atoms with Crippen LogP contribution in [0.3, 0.4) is 0 Å². The van der Waals surface area contributed by atoms with Crippen LogP contribution in [0.15, 0.2) is 18.2 Å². The molecule has 1 atom stereocenters. The largest absolute Gasteiger partial charge is 0.386 e. The molecule has 1 unspecified atom stereocenters. The molecule has 1 aromatic carbocycles. The maximum Gasteiger partial charge on any atom is 0.314 e. The molecule has 0 aliphatic rings. The van der Waals surface area contributed by atoms with Crippen LogP contribution in [0.1, 0.15) is 31.9 Å². The summed E-state index contributed by atoms with van der Waals surface area (Å²) in [5, 5.41) is 14.7. The monoisotopic (exact) mass is 316 g/mol. The molecule has 1 rings (SSSR count). The van der Waals surface area contributed by atoms with E-state index in [2.05, 4.69) is 10.6 Å². The minimum atomic E-state index is -1.45. The average Bonchev–Trinajstić information content (AvgIpc) is 2.44. The van der Waals surface area contributed by atoms with Crippen LogP contribution in [0.5, 0.6) is 0 Å². The second-order valence-electron chi connectivity index (χ2n) is 5.06. The third-order valence-corrected chi connectivity index (χ3v) is 2.85. The van der Waals surface area contributed by atoms with E-state index in [1.165, 1.54) is 6.07 Å². The fourth-order valence-corrected chi connectivity index (χ4v) is 1.78. The highest BCUT2D eigenvalue weighted by atomic mass is 19.1. The van der Waals surface area contributed by atoms with Crippen molar-refractivity contribution in [2.24, 2.45) is 0 Å². The van der Waals surface area contributed by atoms with Gasteiger partial charge in [0.15, 0.2) is 0 Å². The molecule has 22 heavy (non-hydrogen) atoms. The molecule has 2 amide bonds. The number of hydrogen-bond donors (Lipinski definition) is 3. The lowest BCUT2D eigenvalue weighted by Gasteiger charge is -2.14. The first-order valence-electron chi connectivity index (χ1n) is 7.17. The number of amides is 2. The van der Waals surface area contributed by atoms with E-state index in [1.807, 2.05) is 13.8 Å². The molecule has 0 bridgehead atoms. The lowest BCUT2D eigenvalue weighted by molar-refractivity contribution is 0.0773. The SMILES string of the molecule is CC(C)OCCCNC(=O)NCC(O)c1c(F)cccc1F. The zero-order valence-corrected chi connectivity index (χ0v) is 12.7. The third-order valence-electron chi connectivity index (χ3n) is 2.85. The second kappa shape index (κ2) is 9.32. The van der Waals surface area contributed by atoms with Crippen molar-refractivity contribution >= 4 is 6.03 Å². The van der Waals surface area contributed by atoms with Crippen molar-refractivity contribution in [1.82, 2.24) is 10.6 Å². The van der Waals surface area contributed by atoms with E-state index in [0.29, 0.717) is 19.6 Å². The summed E-state index contributed by atoms with van der Waals surface area (Å²) in [5.74, 6) is -1.69. The predicted octanol–water partition coefficient (Wildman–Crippen LogP) is 2.11. The first-order valence-corrected chi connectivity index (χ1v) is 7.17. The molecular formula is C15H22F2N2O3. The number of benzene rings is 1. The van der Waals surface area contributed by atoms with Crippen molar-refractivity contribution in [2.75, 3.05) is 19.7 Å². The van der Waals surface area contributed by atoms with Gasteiger partial charge >= 0.3 is 6.03 Å². The number of carbonyl (C=O) groups is 1. The standard InChI is InChI=1S/C15H22F2N2O3/c1-10(2)22-8-4-7-18-15(21)19-9-13(20)14-11(16)5-3-6-12(14)17/h3,5-6,10,13,20H,4,7-9H2,1-2H3,(H2,18,19,21). The molecule has 0 fully saturated rings. The molecule has 0 spiro atoms. The predicted molar refractivity (Wildman–Crippen MR) is 78.4 cm³/mol. The maximum atomic E-state index is 13.4. The number of urea groups is 1. The summed E-state index contributed by atoms with van der Waals surface area (Å²) in [7, 11) is 0. The number of aliphatic hydroxyl groups excluding tert-OH is 1. The van der Waals surface area contributed by atoms with Crippen molar-refractivity contribution in [3.05, 3.63) is 35.4 Å². The number of hydrogen-bond acceptors (Lipinski definition) is 3. The van der Waals surface area contributed by atoms with Gasteiger partial charge in [0, 0.05) is 19.7 Å². The van der Waals surface area contributed by atoms with E-state index >= 15 is 0 Å². The summed E-state index contributed by atoms with van der Waals surface area (Å²) >= 11 is 0.